The Morgan fingerprint density at radius 1 is 1.38 bits per heavy atom. The molecule has 2 atom stereocenters. The van der Waals surface area contributed by atoms with Crippen LogP contribution in [-0.2, 0) is 9.59 Å². The minimum absolute atomic E-state index is 0.208. The summed E-state index contributed by atoms with van der Waals surface area (Å²) in [5.41, 5.74) is 0.869. The number of hydrogen-bond donors (Lipinski definition) is 2. The van der Waals surface area contributed by atoms with Gasteiger partial charge in [-0.25, -0.2) is 4.79 Å². The fourth-order valence-electron chi connectivity index (χ4n) is 1.90. The molecule has 0 saturated carbocycles. The molecule has 1 amide bonds. The molecule has 0 radical (unpaired) electrons. The number of hydrogen-bond acceptors (Lipinski definition) is 2. The third-order valence-electron chi connectivity index (χ3n) is 2.69. The SMILES string of the molecule is O=C1CC(c2ccc(Br)cc2)C(C(=O)O)N1. The third kappa shape index (κ3) is 2.09. The molecule has 16 heavy (non-hydrogen) atoms. The van der Waals surface area contributed by atoms with Crippen LogP contribution in [0.5, 0.6) is 0 Å². The topological polar surface area (TPSA) is 66.4 Å². The van der Waals surface area contributed by atoms with Crippen LogP contribution in [0, 0.1) is 0 Å². The van der Waals surface area contributed by atoms with Gasteiger partial charge in [0.05, 0.1) is 0 Å². The van der Waals surface area contributed by atoms with Gasteiger partial charge in [-0.15, -0.1) is 0 Å². The predicted octanol–water partition coefficient (Wildman–Crippen LogP) is 1.51. The number of carboxylic acid groups (broad SMARTS) is 1. The van der Waals surface area contributed by atoms with Crippen LogP contribution in [0.1, 0.15) is 17.9 Å². The van der Waals surface area contributed by atoms with E-state index in [9.17, 15) is 9.59 Å². The molecule has 2 N–H and O–H groups in total. The minimum atomic E-state index is -0.987. The first-order chi connectivity index (χ1) is 7.58. The van der Waals surface area contributed by atoms with Crippen LogP contribution in [0.25, 0.3) is 0 Å². The van der Waals surface area contributed by atoms with Crippen LogP contribution in [-0.4, -0.2) is 23.0 Å². The maximum atomic E-state index is 11.2. The molecule has 1 aromatic carbocycles. The maximum absolute atomic E-state index is 11.2. The van der Waals surface area contributed by atoms with Gasteiger partial charge in [-0.2, -0.15) is 0 Å². The Balaban J connectivity index is 2.28. The number of rotatable bonds is 2. The molecule has 2 unspecified atom stereocenters. The molecule has 1 aliphatic heterocycles. The van der Waals surface area contributed by atoms with Crippen molar-refractivity contribution in [3.63, 3.8) is 0 Å². The Morgan fingerprint density at radius 2 is 2.00 bits per heavy atom. The number of halogens is 1. The molecule has 1 heterocycles. The summed E-state index contributed by atoms with van der Waals surface area (Å²) in [6, 6.07) is 6.55. The van der Waals surface area contributed by atoms with Gasteiger partial charge in [0.15, 0.2) is 0 Å². The number of carboxylic acids is 1. The summed E-state index contributed by atoms with van der Waals surface area (Å²) < 4.78 is 0.931. The number of carbonyl (C=O) groups excluding carboxylic acids is 1. The summed E-state index contributed by atoms with van der Waals surface area (Å²) in [6.45, 7) is 0. The summed E-state index contributed by atoms with van der Waals surface area (Å²) in [4.78, 5) is 22.2. The van der Waals surface area contributed by atoms with Gasteiger partial charge in [-0.1, -0.05) is 28.1 Å². The molecule has 1 aromatic rings. The predicted molar refractivity (Wildman–Crippen MR) is 61.1 cm³/mol. The summed E-state index contributed by atoms with van der Waals surface area (Å²) in [6.07, 6.45) is 0.235. The van der Waals surface area contributed by atoms with Gasteiger partial charge in [0.2, 0.25) is 5.91 Å². The first-order valence-electron chi connectivity index (χ1n) is 4.85. The van der Waals surface area contributed by atoms with E-state index in [0.29, 0.717) is 0 Å². The summed E-state index contributed by atoms with van der Waals surface area (Å²) in [7, 11) is 0. The molecule has 1 aliphatic rings. The molecule has 1 fully saturated rings. The summed E-state index contributed by atoms with van der Waals surface area (Å²) >= 11 is 3.31. The van der Waals surface area contributed by atoms with Gasteiger partial charge in [0, 0.05) is 16.8 Å². The molecule has 84 valence electrons. The van der Waals surface area contributed by atoms with Gasteiger partial charge < -0.3 is 10.4 Å². The van der Waals surface area contributed by atoms with Crippen molar-refractivity contribution in [3.05, 3.63) is 34.3 Å². The molecule has 0 aliphatic carbocycles. The highest BCUT2D eigenvalue weighted by atomic mass is 79.9. The zero-order valence-electron chi connectivity index (χ0n) is 8.31. The van der Waals surface area contributed by atoms with Crippen LogP contribution in [0.3, 0.4) is 0 Å². The van der Waals surface area contributed by atoms with Gasteiger partial charge in [0.25, 0.3) is 0 Å². The van der Waals surface area contributed by atoms with E-state index in [0.717, 1.165) is 10.0 Å². The van der Waals surface area contributed by atoms with Crippen molar-refractivity contribution in [1.82, 2.24) is 5.32 Å². The zero-order valence-corrected chi connectivity index (χ0v) is 9.90. The molecule has 2 rings (SSSR count). The number of nitrogens with one attached hydrogen (secondary N) is 1. The maximum Gasteiger partial charge on any atom is 0.326 e. The van der Waals surface area contributed by atoms with Crippen molar-refractivity contribution in [2.24, 2.45) is 0 Å². The average molecular weight is 284 g/mol. The van der Waals surface area contributed by atoms with Gasteiger partial charge in [0.1, 0.15) is 6.04 Å². The van der Waals surface area contributed by atoms with Crippen molar-refractivity contribution >= 4 is 27.8 Å². The van der Waals surface area contributed by atoms with Crippen LogP contribution >= 0.6 is 15.9 Å². The Kier molecular flexibility index (Phi) is 2.96. The highest BCUT2D eigenvalue weighted by Gasteiger charge is 2.38. The van der Waals surface area contributed by atoms with Crippen LogP contribution in [0.2, 0.25) is 0 Å². The van der Waals surface area contributed by atoms with E-state index in [-0.39, 0.29) is 18.2 Å². The highest BCUT2D eigenvalue weighted by Crippen LogP contribution is 2.29. The summed E-state index contributed by atoms with van der Waals surface area (Å²) in [5, 5.41) is 11.5. The monoisotopic (exact) mass is 283 g/mol. The number of benzene rings is 1. The normalized spacial score (nSPS) is 24.2. The second-order valence-electron chi connectivity index (χ2n) is 3.75. The molecule has 0 spiro atoms. The largest absolute Gasteiger partial charge is 0.480 e. The molecule has 4 nitrogen and oxygen atoms in total. The second-order valence-corrected chi connectivity index (χ2v) is 4.66. The molecular weight excluding hydrogens is 274 g/mol. The van der Waals surface area contributed by atoms with Crippen LogP contribution in [0.15, 0.2) is 28.7 Å². The lowest BCUT2D eigenvalue weighted by Crippen LogP contribution is -2.35. The Morgan fingerprint density at radius 3 is 2.56 bits per heavy atom. The summed E-state index contributed by atoms with van der Waals surface area (Å²) in [5.74, 6) is -1.47. The first kappa shape index (κ1) is 11.1. The van der Waals surface area contributed by atoms with E-state index in [1.807, 2.05) is 24.3 Å². The first-order valence-corrected chi connectivity index (χ1v) is 5.65. The van der Waals surface area contributed by atoms with Gasteiger partial charge in [-0.05, 0) is 17.7 Å². The van der Waals surface area contributed by atoms with E-state index in [4.69, 9.17) is 5.11 Å². The zero-order chi connectivity index (χ0) is 11.7. The highest BCUT2D eigenvalue weighted by molar-refractivity contribution is 9.10. The molecule has 5 heteroatoms. The minimum Gasteiger partial charge on any atom is -0.480 e. The lowest BCUT2D eigenvalue weighted by molar-refractivity contribution is -0.140. The van der Waals surface area contributed by atoms with Gasteiger partial charge >= 0.3 is 5.97 Å². The standard InChI is InChI=1S/C11H10BrNO3/c12-7-3-1-6(2-4-7)8-5-9(14)13-10(8)11(15)16/h1-4,8,10H,5H2,(H,13,14)(H,15,16). The molecule has 1 saturated heterocycles. The van der Waals surface area contributed by atoms with E-state index < -0.39 is 12.0 Å². The van der Waals surface area contributed by atoms with Crippen molar-refractivity contribution in [2.45, 2.75) is 18.4 Å². The van der Waals surface area contributed by atoms with E-state index >= 15 is 0 Å². The number of aliphatic carboxylic acids is 1. The average Bonchev–Trinajstić information content (AvgIpc) is 2.61. The van der Waals surface area contributed by atoms with Crippen molar-refractivity contribution in [1.29, 1.82) is 0 Å². The molecule has 0 bridgehead atoms. The fraction of sp³-hybridized carbons (Fsp3) is 0.273. The quantitative estimate of drug-likeness (QED) is 0.865. The van der Waals surface area contributed by atoms with E-state index in [2.05, 4.69) is 21.2 Å². The van der Waals surface area contributed by atoms with Crippen molar-refractivity contribution < 1.29 is 14.7 Å². The van der Waals surface area contributed by atoms with Crippen molar-refractivity contribution in [3.8, 4) is 0 Å². The molecular formula is C11H10BrNO3. The molecule has 0 aromatic heterocycles. The fourth-order valence-corrected chi connectivity index (χ4v) is 2.17. The van der Waals surface area contributed by atoms with Gasteiger partial charge in [-0.3, -0.25) is 4.79 Å². The third-order valence-corrected chi connectivity index (χ3v) is 3.22. The lowest BCUT2D eigenvalue weighted by atomic mass is 9.92. The number of carbonyl (C=O) groups is 2. The van der Waals surface area contributed by atoms with Crippen LogP contribution < -0.4 is 5.32 Å². The number of amides is 1. The smallest absolute Gasteiger partial charge is 0.326 e. The van der Waals surface area contributed by atoms with Crippen LogP contribution in [0.4, 0.5) is 0 Å². The van der Waals surface area contributed by atoms with E-state index in [1.54, 1.807) is 0 Å². The van der Waals surface area contributed by atoms with E-state index in [1.165, 1.54) is 0 Å². The lowest BCUT2D eigenvalue weighted by Gasteiger charge is -2.14. The second kappa shape index (κ2) is 4.25. The Hall–Kier alpha value is -1.36. The van der Waals surface area contributed by atoms with Crippen molar-refractivity contribution in [2.75, 3.05) is 0 Å². The Labute approximate surface area is 101 Å². The Bertz CT molecular complexity index is 429.